The van der Waals surface area contributed by atoms with Crippen molar-refractivity contribution in [2.24, 2.45) is 0 Å². The van der Waals surface area contributed by atoms with Gasteiger partial charge in [-0.05, 0) is 12.5 Å². The number of nitrogens with zero attached hydrogens (tertiary/aromatic N) is 1. The molecule has 0 amide bonds. The topological polar surface area (TPSA) is 47.2 Å². The van der Waals surface area contributed by atoms with Crippen molar-refractivity contribution in [2.45, 2.75) is 6.42 Å². The van der Waals surface area contributed by atoms with Gasteiger partial charge in [-0.3, -0.25) is 0 Å². The van der Waals surface area contributed by atoms with Crippen molar-refractivity contribution in [2.75, 3.05) is 6.61 Å². The molecule has 0 aliphatic carbocycles. The van der Waals surface area contributed by atoms with Crippen LogP contribution in [0.25, 0.3) is 6.08 Å². The van der Waals surface area contributed by atoms with Crippen molar-refractivity contribution >= 4 is 6.08 Å². The summed E-state index contributed by atoms with van der Waals surface area (Å²) < 4.78 is 0.749. The molecule has 0 aliphatic rings. The fourth-order valence-corrected chi connectivity index (χ4v) is 0.865. The van der Waals surface area contributed by atoms with Gasteiger partial charge in [0.2, 0.25) is 0 Å². The summed E-state index contributed by atoms with van der Waals surface area (Å²) in [5.41, 5.74) is 0.848. The molecule has 3 heteroatoms. The minimum Gasteiger partial charge on any atom is -0.619 e. The van der Waals surface area contributed by atoms with Gasteiger partial charge in [-0.25, -0.2) is 0 Å². The van der Waals surface area contributed by atoms with Crippen LogP contribution in [0.1, 0.15) is 12.0 Å². The summed E-state index contributed by atoms with van der Waals surface area (Å²) in [5, 5.41) is 19.2. The molecule has 1 N–H and O–H groups in total. The van der Waals surface area contributed by atoms with Crippen molar-refractivity contribution < 1.29 is 9.84 Å². The van der Waals surface area contributed by atoms with Crippen molar-refractivity contribution in [3.05, 3.63) is 41.4 Å². The van der Waals surface area contributed by atoms with Crippen molar-refractivity contribution in [3.8, 4) is 0 Å². The third-order valence-electron chi connectivity index (χ3n) is 1.40. The molecular weight excluding hydrogens is 154 g/mol. The van der Waals surface area contributed by atoms with Gasteiger partial charge in [0.05, 0.1) is 0 Å². The highest BCUT2D eigenvalue weighted by molar-refractivity contribution is 5.46. The van der Waals surface area contributed by atoms with E-state index in [2.05, 4.69) is 0 Å². The van der Waals surface area contributed by atoms with E-state index in [0.29, 0.717) is 6.42 Å². The zero-order valence-electron chi connectivity index (χ0n) is 6.68. The van der Waals surface area contributed by atoms with Gasteiger partial charge in [0.1, 0.15) is 0 Å². The minimum absolute atomic E-state index is 0.140. The minimum atomic E-state index is 0.140. The molecule has 0 aliphatic heterocycles. The summed E-state index contributed by atoms with van der Waals surface area (Å²) in [6, 6.07) is 3.52. The summed E-state index contributed by atoms with van der Waals surface area (Å²) >= 11 is 0. The molecule has 0 unspecified atom stereocenters. The zero-order chi connectivity index (χ0) is 8.81. The lowest BCUT2D eigenvalue weighted by Crippen LogP contribution is -2.24. The van der Waals surface area contributed by atoms with Gasteiger partial charge >= 0.3 is 0 Å². The average molecular weight is 165 g/mol. The third-order valence-corrected chi connectivity index (χ3v) is 1.40. The first-order valence-corrected chi connectivity index (χ1v) is 3.79. The molecule has 1 aromatic rings. The van der Waals surface area contributed by atoms with Crippen molar-refractivity contribution in [1.29, 1.82) is 0 Å². The van der Waals surface area contributed by atoms with E-state index in [-0.39, 0.29) is 6.61 Å². The van der Waals surface area contributed by atoms with Gasteiger partial charge in [-0.1, -0.05) is 12.2 Å². The zero-order valence-corrected chi connectivity index (χ0v) is 6.68. The Balaban J connectivity index is 2.63. The van der Waals surface area contributed by atoms with Crippen LogP contribution in [0.15, 0.2) is 30.6 Å². The summed E-state index contributed by atoms with van der Waals surface area (Å²) in [7, 11) is 0. The lowest BCUT2D eigenvalue weighted by atomic mass is 10.2. The van der Waals surface area contributed by atoms with E-state index < -0.39 is 0 Å². The largest absolute Gasteiger partial charge is 0.619 e. The number of hydrogen-bond acceptors (Lipinski definition) is 2. The first-order valence-electron chi connectivity index (χ1n) is 3.79. The van der Waals surface area contributed by atoms with E-state index in [1.54, 1.807) is 6.07 Å². The third kappa shape index (κ3) is 2.72. The van der Waals surface area contributed by atoms with Gasteiger partial charge in [0.25, 0.3) is 0 Å². The van der Waals surface area contributed by atoms with E-state index >= 15 is 0 Å². The molecule has 0 aromatic carbocycles. The molecule has 0 saturated heterocycles. The number of hydrogen-bond donors (Lipinski definition) is 1. The average Bonchev–Trinajstić information content (AvgIpc) is 2.05. The predicted molar refractivity (Wildman–Crippen MR) is 46.1 cm³/mol. The van der Waals surface area contributed by atoms with E-state index in [1.807, 2.05) is 18.2 Å². The van der Waals surface area contributed by atoms with Crippen LogP contribution < -0.4 is 4.73 Å². The molecule has 1 rings (SSSR count). The second-order valence-electron chi connectivity index (χ2n) is 2.41. The quantitative estimate of drug-likeness (QED) is 0.529. The predicted octanol–water partition coefficient (Wildman–Crippen LogP) is 0.716. The van der Waals surface area contributed by atoms with Crippen LogP contribution in [0.3, 0.4) is 0 Å². The Morgan fingerprint density at radius 1 is 1.58 bits per heavy atom. The molecule has 0 radical (unpaired) electrons. The van der Waals surface area contributed by atoms with Gasteiger partial charge < -0.3 is 10.3 Å². The van der Waals surface area contributed by atoms with Gasteiger partial charge in [0.15, 0.2) is 12.4 Å². The summed E-state index contributed by atoms with van der Waals surface area (Å²) in [6.07, 6.45) is 7.17. The Morgan fingerprint density at radius 2 is 2.42 bits per heavy atom. The lowest BCUT2D eigenvalue weighted by Gasteiger charge is -1.94. The smallest absolute Gasteiger partial charge is 0.187 e. The van der Waals surface area contributed by atoms with Gasteiger partial charge in [-0.2, -0.15) is 4.73 Å². The Bertz CT molecular complexity index is 271. The highest BCUT2D eigenvalue weighted by atomic mass is 16.5. The number of rotatable bonds is 3. The first kappa shape index (κ1) is 8.74. The Labute approximate surface area is 71.2 Å². The SMILES string of the molecule is [O-][n+]1cccc(C=CCCO)c1. The fourth-order valence-electron chi connectivity index (χ4n) is 0.865. The maximum atomic E-state index is 10.8. The molecular formula is C9H11NO2. The molecule has 0 bridgehead atoms. The van der Waals surface area contributed by atoms with Gasteiger partial charge in [0, 0.05) is 18.2 Å². The monoisotopic (exact) mass is 165 g/mol. The van der Waals surface area contributed by atoms with E-state index in [9.17, 15) is 5.21 Å². The fraction of sp³-hybridized carbons (Fsp3) is 0.222. The molecule has 3 nitrogen and oxygen atoms in total. The highest BCUT2D eigenvalue weighted by Gasteiger charge is 1.90. The standard InChI is InChI=1S/C9H11NO2/c11-7-2-1-4-9-5-3-6-10(12)8-9/h1,3-6,8,11H,2,7H2. The molecule has 1 aromatic heterocycles. The van der Waals surface area contributed by atoms with Crippen molar-refractivity contribution in [3.63, 3.8) is 0 Å². The molecule has 12 heavy (non-hydrogen) atoms. The molecule has 0 spiro atoms. The maximum Gasteiger partial charge on any atom is 0.187 e. The Morgan fingerprint density at radius 3 is 3.08 bits per heavy atom. The second-order valence-corrected chi connectivity index (χ2v) is 2.41. The van der Waals surface area contributed by atoms with Crippen LogP contribution >= 0.6 is 0 Å². The van der Waals surface area contributed by atoms with Crippen LogP contribution in [0.4, 0.5) is 0 Å². The normalized spacial score (nSPS) is 10.8. The van der Waals surface area contributed by atoms with Crippen LogP contribution in [0.2, 0.25) is 0 Å². The molecule has 0 fully saturated rings. The van der Waals surface area contributed by atoms with Gasteiger partial charge in [-0.15, -0.1) is 0 Å². The number of pyridine rings is 1. The molecule has 0 saturated carbocycles. The summed E-state index contributed by atoms with van der Waals surface area (Å²) in [4.78, 5) is 0. The highest BCUT2D eigenvalue weighted by Crippen LogP contribution is 1.97. The molecule has 0 atom stereocenters. The van der Waals surface area contributed by atoms with Crippen molar-refractivity contribution in [1.82, 2.24) is 0 Å². The lowest BCUT2D eigenvalue weighted by molar-refractivity contribution is -0.605. The Kier molecular flexibility index (Phi) is 3.29. The number of aromatic nitrogens is 1. The van der Waals surface area contributed by atoms with E-state index in [0.717, 1.165) is 10.3 Å². The van der Waals surface area contributed by atoms with Crippen LogP contribution in [-0.4, -0.2) is 11.7 Å². The van der Waals surface area contributed by atoms with E-state index in [4.69, 9.17) is 5.11 Å². The molecule has 64 valence electrons. The summed E-state index contributed by atoms with van der Waals surface area (Å²) in [5.74, 6) is 0. The van der Waals surface area contributed by atoms with Crippen LogP contribution in [-0.2, 0) is 0 Å². The number of aliphatic hydroxyl groups is 1. The first-order chi connectivity index (χ1) is 5.83. The summed E-state index contributed by atoms with van der Waals surface area (Å²) in [6.45, 7) is 0.140. The van der Waals surface area contributed by atoms with Crippen LogP contribution in [0, 0.1) is 5.21 Å². The maximum absolute atomic E-state index is 10.8. The number of aliphatic hydroxyl groups excluding tert-OH is 1. The Hall–Kier alpha value is -1.35. The van der Waals surface area contributed by atoms with Crippen LogP contribution in [0.5, 0.6) is 0 Å². The van der Waals surface area contributed by atoms with E-state index in [1.165, 1.54) is 12.4 Å². The molecule has 1 heterocycles. The second kappa shape index (κ2) is 4.51.